The van der Waals surface area contributed by atoms with Gasteiger partial charge in [-0.2, -0.15) is 0 Å². The molecule has 29 heavy (non-hydrogen) atoms. The van der Waals surface area contributed by atoms with Crippen molar-refractivity contribution in [3.8, 4) is 0 Å². The van der Waals surface area contributed by atoms with Crippen LogP contribution >= 0.6 is 0 Å². The number of carboxylic acids is 1. The molecule has 2 aromatic rings. The summed E-state index contributed by atoms with van der Waals surface area (Å²) in [5, 5.41) is 9.69. The van der Waals surface area contributed by atoms with Gasteiger partial charge in [-0.3, -0.25) is 14.5 Å². The number of piperazine rings is 1. The van der Waals surface area contributed by atoms with Gasteiger partial charge >= 0.3 is 5.97 Å². The van der Waals surface area contributed by atoms with Crippen molar-refractivity contribution in [3.63, 3.8) is 0 Å². The summed E-state index contributed by atoms with van der Waals surface area (Å²) in [6.45, 7) is 4.18. The highest BCUT2D eigenvalue weighted by atomic mass is 16.4. The molecule has 152 valence electrons. The minimum atomic E-state index is -0.883. The van der Waals surface area contributed by atoms with Crippen LogP contribution in [0.1, 0.15) is 5.56 Å². The Morgan fingerprint density at radius 2 is 1.62 bits per heavy atom. The van der Waals surface area contributed by atoms with Crippen LogP contribution < -0.4 is 4.90 Å². The summed E-state index contributed by atoms with van der Waals surface area (Å²) in [6.07, 6.45) is 1.77. The maximum absolute atomic E-state index is 13.2. The average molecular weight is 394 g/mol. The molecular weight excluding hydrogens is 368 g/mol. The molecule has 2 aliphatic heterocycles. The van der Waals surface area contributed by atoms with Crippen molar-refractivity contribution >= 4 is 17.7 Å². The molecule has 0 bridgehead atoms. The zero-order chi connectivity index (χ0) is 20.2. The largest absolute Gasteiger partial charge is 0.481 e. The highest BCUT2D eigenvalue weighted by Crippen LogP contribution is 2.28. The second kappa shape index (κ2) is 8.61. The average Bonchev–Trinajstić information content (AvgIpc) is 3.19. The van der Waals surface area contributed by atoms with Crippen molar-refractivity contribution in [3.05, 3.63) is 60.3 Å². The first-order valence-corrected chi connectivity index (χ1v) is 10.1. The molecular formula is C22H26N4O3. The molecule has 1 amide bonds. The van der Waals surface area contributed by atoms with E-state index in [0.29, 0.717) is 45.8 Å². The Balaban J connectivity index is 1.38. The molecule has 2 atom stereocenters. The number of aromatic nitrogens is 1. The topological polar surface area (TPSA) is 77.0 Å². The third-order valence-electron chi connectivity index (χ3n) is 5.84. The molecule has 2 saturated heterocycles. The zero-order valence-corrected chi connectivity index (χ0v) is 16.4. The number of hydrogen-bond donors (Lipinski definition) is 1. The van der Waals surface area contributed by atoms with Crippen LogP contribution in [0.4, 0.5) is 5.82 Å². The van der Waals surface area contributed by atoms with E-state index in [-0.39, 0.29) is 5.91 Å². The number of likely N-dealkylation sites (tertiary alicyclic amines) is 1. The molecule has 0 unspecified atom stereocenters. The van der Waals surface area contributed by atoms with Crippen molar-refractivity contribution < 1.29 is 14.7 Å². The van der Waals surface area contributed by atoms with Gasteiger partial charge in [-0.1, -0.05) is 36.4 Å². The highest BCUT2D eigenvalue weighted by Gasteiger charge is 2.43. The quantitative estimate of drug-likeness (QED) is 0.830. The third kappa shape index (κ3) is 4.40. The van der Waals surface area contributed by atoms with E-state index in [9.17, 15) is 14.7 Å². The van der Waals surface area contributed by atoms with Gasteiger partial charge in [0, 0.05) is 52.0 Å². The Bertz CT molecular complexity index is 838. The first kappa shape index (κ1) is 19.4. The predicted molar refractivity (Wildman–Crippen MR) is 109 cm³/mol. The van der Waals surface area contributed by atoms with E-state index in [2.05, 4.69) is 14.8 Å². The van der Waals surface area contributed by atoms with Crippen molar-refractivity contribution in [1.29, 1.82) is 0 Å². The van der Waals surface area contributed by atoms with Crippen LogP contribution in [0.15, 0.2) is 54.7 Å². The number of benzene rings is 1. The molecule has 0 aliphatic carbocycles. The summed E-state index contributed by atoms with van der Waals surface area (Å²) >= 11 is 0. The van der Waals surface area contributed by atoms with Gasteiger partial charge in [0.05, 0.1) is 11.8 Å². The van der Waals surface area contributed by atoms with Crippen LogP contribution in [0.25, 0.3) is 0 Å². The second-order valence-corrected chi connectivity index (χ2v) is 7.73. The predicted octanol–water partition coefficient (Wildman–Crippen LogP) is 1.56. The van der Waals surface area contributed by atoms with E-state index in [1.165, 1.54) is 0 Å². The summed E-state index contributed by atoms with van der Waals surface area (Å²) in [5.41, 5.74) is 1.13. The molecule has 1 N–H and O–H groups in total. The van der Waals surface area contributed by atoms with Crippen molar-refractivity contribution in [2.45, 2.75) is 6.54 Å². The lowest BCUT2D eigenvalue weighted by Crippen LogP contribution is -2.52. The van der Waals surface area contributed by atoms with Gasteiger partial charge in [0.15, 0.2) is 0 Å². The minimum absolute atomic E-state index is 0.0337. The number of anilines is 1. The fourth-order valence-electron chi connectivity index (χ4n) is 4.29. The maximum Gasteiger partial charge on any atom is 0.308 e. The van der Waals surface area contributed by atoms with Crippen LogP contribution in [0, 0.1) is 11.8 Å². The van der Waals surface area contributed by atoms with Gasteiger partial charge in [-0.15, -0.1) is 0 Å². The first-order valence-electron chi connectivity index (χ1n) is 10.1. The van der Waals surface area contributed by atoms with Gasteiger partial charge in [0.1, 0.15) is 5.82 Å². The molecule has 3 heterocycles. The molecule has 0 saturated carbocycles. The fraction of sp³-hybridized carbons (Fsp3) is 0.409. The molecule has 1 aromatic heterocycles. The number of nitrogens with zero attached hydrogens (tertiary/aromatic N) is 4. The van der Waals surface area contributed by atoms with Crippen molar-refractivity contribution in [2.24, 2.45) is 11.8 Å². The Kier molecular flexibility index (Phi) is 5.76. The van der Waals surface area contributed by atoms with Crippen LogP contribution in [0.2, 0.25) is 0 Å². The third-order valence-corrected chi connectivity index (χ3v) is 5.84. The first-order chi connectivity index (χ1) is 14.1. The van der Waals surface area contributed by atoms with E-state index in [1.54, 1.807) is 6.20 Å². The monoisotopic (exact) mass is 394 g/mol. The van der Waals surface area contributed by atoms with Crippen molar-refractivity contribution in [1.82, 2.24) is 14.8 Å². The molecule has 7 heteroatoms. The van der Waals surface area contributed by atoms with Gasteiger partial charge in [-0.05, 0) is 17.7 Å². The number of carboxylic acid groups (broad SMARTS) is 1. The standard InChI is InChI=1S/C22H26N4O3/c27-21(26-12-10-25(11-13-26)20-8-4-5-9-23-20)18-15-24(16-19(18)22(28)29)14-17-6-2-1-3-7-17/h1-9,18-19H,10-16H2,(H,28,29)/t18-,19+/m0/s1. The molecule has 7 nitrogen and oxygen atoms in total. The van der Waals surface area contributed by atoms with Crippen molar-refractivity contribution in [2.75, 3.05) is 44.2 Å². The molecule has 4 rings (SSSR count). The summed E-state index contributed by atoms with van der Waals surface area (Å²) in [7, 11) is 0. The Morgan fingerprint density at radius 3 is 2.28 bits per heavy atom. The molecule has 0 radical (unpaired) electrons. The smallest absolute Gasteiger partial charge is 0.308 e. The summed E-state index contributed by atoms with van der Waals surface area (Å²) in [4.78, 5) is 35.4. The number of hydrogen-bond acceptors (Lipinski definition) is 5. The number of rotatable bonds is 5. The Labute approximate surface area is 170 Å². The highest BCUT2D eigenvalue weighted by molar-refractivity contribution is 5.86. The van der Waals surface area contributed by atoms with Gasteiger partial charge in [0.2, 0.25) is 5.91 Å². The zero-order valence-electron chi connectivity index (χ0n) is 16.4. The van der Waals surface area contributed by atoms with E-state index >= 15 is 0 Å². The molecule has 1 aromatic carbocycles. The van der Waals surface area contributed by atoms with E-state index in [0.717, 1.165) is 11.4 Å². The van der Waals surface area contributed by atoms with Crippen LogP contribution in [-0.4, -0.2) is 71.0 Å². The van der Waals surface area contributed by atoms with E-state index < -0.39 is 17.8 Å². The van der Waals surface area contributed by atoms with Gasteiger partial charge in [0.25, 0.3) is 0 Å². The van der Waals surface area contributed by atoms with Gasteiger partial charge < -0.3 is 14.9 Å². The lowest BCUT2D eigenvalue weighted by Gasteiger charge is -2.37. The summed E-state index contributed by atoms with van der Waals surface area (Å²) < 4.78 is 0. The van der Waals surface area contributed by atoms with Crippen LogP contribution in [0.3, 0.4) is 0 Å². The molecule has 2 fully saturated rings. The lowest BCUT2D eigenvalue weighted by atomic mass is 9.94. The van der Waals surface area contributed by atoms with Crippen LogP contribution in [0.5, 0.6) is 0 Å². The fourth-order valence-corrected chi connectivity index (χ4v) is 4.29. The lowest BCUT2D eigenvalue weighted by molar-refractivity contribution is -0.148. The van der Waals surface area contributed by atoms with Gasteiger partial charge in [-0.25, -0.2) is 4.98 Å². The van der Waals surface area contributed by atoms with Crippen LogP contribution in [-0.2, 0) is 16.1 Å². The number of amides is 1. The SMILES string of the molecule is O=C(O)[C@@H]1CN(Cc2ccccc2)C[C@@H]1C(=O)N1CCN(c2ccccn2)CC1. The number of carbonyl (C=O) groups excluding carboxylic acids is 1. The maximum atomic E-state index is 13.2. The number of pyridine rings is 1. The Morgan fingerprint density at radius 1 is 0.931 bits per heavy atom. The van der Waals surface area contributed by atoms with E-state index in [4.69, 9.17) is 0 Å². The second-order valence-electron chi connectivity index (χ2n) is 7.73. The molecule has 2 aliphatic rings. The normalized spacial score (nSPS) is 22.6. The molecule has 0 spiro atoms. The summed E-state index contributed by atoms with van der Waals surface area (Å²) in [6, 6.07) is 15.8. The van der Waals surface area contributed by atoms with E-state index in [1.807, 2.05) is 53.4 Å². The number of aliphatic carboxylic acids is 1. The number of carbonyl (C=O) groups is 2. The Hall–Kier alpha value is -2.93. The minimum Gasteiger partial charge on any atom is -0.481 e. The summed E-state index contributed by atoms with van der Waals surface area (Å²) in [5.74, 6) is -1.14.